The Kier molecular flexibility index (Phi) is 2.75. The van der Waals surface area contributed by atoms with Crippen LogP contribution in [0.4, 0.5) is 0 Å². The van der Waals surface area contributed by atoms with Crippen LogP contribution < -0.4 is 4.57 Å². The molecule has 86 valence electrons. The summed E-state index contributed by atoms with van der Waals surface area (Å²) in [7, 11) is 0. The van der Waals surface area contributed by atoms with Crippen molar-refractivity contribution in [3.63, 3.8) is 0 Å². The maximum atomic E-state index is 3.46. The van der Waals surface area contributed by atoms with E-state index in [-0.39, 0.29) is 11.1 Å². The molecule has 0 saturated heterocycles. The molecule has 0 saturated carbocycles. The van der Waals surface area contributed by atoms with Gasteiger partial charge in [-0.15, -0.1) is 0 Å². The third kappa shape index (κ3) is 2.24. The number of hydrogen-bond acceptors (Lipinski definition) is 0. The van der Waals surface area contributed by atoms with Gasteiger partial charge in [0.1, 0.15) is 0 Å². The number of rotatable bonds is 0. The van der Waals surface area contributed by atoms with Gasteiger partial charge in [-0.1, -0.05) is 13.8 Å². The summed E-state index contributed by atoms with van der Waals surface area (Å²) in [4.78, 5) is 0. The van der Waals surface area contributed by atoms with Crippen molar-refractivity contribution < 1.29 is 4.57 Å². The summed E-state index contributed by atoms with van der Waals surface area (Å²) in [6.45, 7) is 17.6. The predicted octanol–water partition coefficient (Wildman–Crippen LogP) is 2.70. The maximum Gasteiger partial charge on any atom is 0.205 e. The van der Waals surface area contributed by atoms with Crippen molar-refractivity contribution >= 4 is 0 Å². The number of aromatic nitrogens is 2. The van der Waals surface area contributed by atoms with Crippen LogP contribution in [-0.4, -0.2) is 4.57 Å². The van der Waals surface area contributed by atoms with Gasteiger partial charge < -0.3 is 9.13 Å². The zero-order valence-electron chi connectivity index (χ0n) is 11.4. The minimum absolute atomic E-state index is 0.103. The minimum atomic E-state index is 0.103. The lowest BCUT2D eigenvalue weighted by Crippen LogP contribution is -2.51. The fourth-order valence-corrected chi connectivity index (χ4v) is 1.88. The highest BCUT2D eigenvalue weighted by atomic mass is 15.2. The first-order valence-electron chi connectivity index (χ1n) is 5.59. The SMILES string of the molecule is Cc1c(C)[n+](C(C)(C)C)[c-]n1C(C)(C)C. The number of nitrogens with zero attached hydrogens (tertiary/aromatic N) is 2. The summed E-state index contributed by atoms with van der Waals surface area (Å²) < 4.78 is 4.46. The van der Waals surface area contributed by atoms with E-state index >= 15 is 0 Å². The first-order chi connectivity index (χ1) is 6.55. The van der Waals surface area contributed by atoms with Crippen molar-refractivity contribution in [2.75, 3.05) is 0 Å². The number of hydrogen-bond donors (Lipinski definition) is 0. The molecular weight excluding hydrogens is 184 g/mol. The molecule has 1 rings (SSSR count). The van der Waals surface area contributed by atoms with Crippen LogP contribution in [0.15, 0.2) is 0 Å². The largest absolute Gasteiger partial charge is 0.344 e. The second kappa shape index (κ2) is 3.36. The van der Waals surface area contributed by atoms with E-state index in [1.54, 1.807) is 0 Å². The lowest BCUT2D eigenvalue weighted by Gasteiger charge is -2.22. The molecule has 2 nitrogen and oxygen atoms in total. The van der Waals surface area contributed by atoms with Crippen molar-refractivity contribution in [3.8, 4) is 0 Å². The maximum absolute atomic E-state index is 3.46. The molecule has 0 radical (unpaired) electrons. The Morgan fingerprint density at radius 2 is 1.47 bits per heavy atom. The lowest BCUT2D eigenvalue weighted by molar-refractivity contribution is -0.762. The first-order valence-corrected chi connectivity index (χ1v) is 5.59. The standard InChI is InChI=1S/C13H24N2/c1-10-11(2)15(13(6,7)8)9-14(10)12(3,4)5/h1-8H3. The van der Waals surface area contributed by atoms with E-state index in [2.05, 4.69) is 70.9 Å². The van der Waals surface area contributed by atoms with E-state index in [1.165, 1.54) is 11.4 Å². The van der Waals surface area contributed by atoms with Gasteiger partial charge >= 0.3 is 0 Å². The van der Waals surface area contributed by atoms with Crippen LogP contribution in [0.3, 0.4) is 0 Å². The van der Waals surface area contributed by atoms with Crippen LogP contribution >= 0.6 is 0 Å². The minimum Gasteiger partial charge on any atom is -0.344 e. The summed E-state index contributed by atoms with van der Waals surface area (Å²) in [5.41, 5.74) is 2.81. The third-order valence-electron chi connectivity index (χ3n) is 2.74. The summed E-state index contributed by atoms with van der Waals surface area (Å²) in [6, 6.07) is 0. The molecule has 0 N–H and O–H groups in total. The highest BCUT2D eigenvalue weighted by Crippen LogP contribution is 2.19. The molecule has 15 heavy (non-hydrogen) atoms. The van der Waals surface area contributed by atoms with Gasteiger partial charge in [-0.3, -0.25) is 0 Å². The molecule has 0 atom stereocenters. The lowest BCUT2D eigenvalue weighted by atomic mass is 10.1. The van der Waals surface area contributed by atoms with Crippen molar-refractivity contribution in [2.45, 2.75) is 66.5 Å². The number of imidazole rings is 1. The molecule has 1 heterocycles. The molecule has 0 bridgehead atoms. The average molecular weight is 208 g/mol. The Hall–Kier alpha value is -0.790. The molecule has 0 aromatic carbocycles. The van der Waals surface area contributed by atoms with Gasteiger partial charge in [0.15, 0.2) is 0 Å². The van der Waals surface area contributed by atoms with Gasteiger partial charge in [0, 0.05) is 0 Å². The Labute approximate surface area is 93.9 Å². The Balaban J connectivity index is 3.38. The molecule has 0 fully saturated rings. The van der Waals surface area contributed by atoms with Gasteiger partial charge in [-0.25, -0.2) is 0 Å². The Morgan fingerprint density at radius 1 is 1.00 bits per heavy atom. The van der Waals surface area contributed by atoms with Crippen molar-refractivity contribution in [2.24, 2.45) is 0 Å². The molecular formula is C13H24N2. The van der Waals surface area contributed by atoms with E-state index in [0.29, 0.717) is 0 Å². The van der Waals surface area contributed by atoms with E-state index in [0.717, 1.165) is 0 Å². The molecule has 0 amide bonds. The smallest absolute Gasteiger partial charge is 0.205 e. The van der Waals surface area contributed by atoms with Crippen molar-refractivity contribution in [1.29, 1.82) is 0 Å². The van der Waals surface area contributed by atoms with Crippen LogP contribution in [0.2, 0.25) is 0 Å². The summed E-state index contributed by atoms with van der Waals surface area (Å²) in [5, 5.41) is 0. The molecule has 2 heteroatoms. The van der Waals surface area contributed by atoms with Gasteiger partial charge in [0.25, 0.3) is 0 Å². The summed E-state index contributed by atoms with van der Waals surface area (Å²) in [6.07, 6.45) is 3.46. The topological polar surface area (TPSA) is 8.81 Å². The predicted molar refractivity (Wildman–Crippen MR) is 62.9 cm³/mol. The van der Waals surface area contributed by atoms with E-state index < -0.39 is 0 Å². The zero-order chi connectivity index (χ0) is 12.0. The third-order valence-corrected chi connectivity index (χ3v) is 2.74. The van der Waals surface area contributed by atoms with Gasteiger partial charge in [-0.05, 0) is 52.9 Å². The second-order valence-corrected chi connectivity index (χ2v) is 6.28. The Bertz CT molecular complexity index is 325. The molecule has 0 aliphatic heterocycles. The van der Waals surface area contributed by atoms with Crippen LogP contribution in [0.1, 0.15) is 52.9 Å². The molecule has 0 unspecified atom stereocenters. The van der Waals surface area contributed by atoms with Crippen LogP contribution in [0.25, 0.3) is 0 Å². The van der Waals surface area contributed by atoms with Crippen LogP contribution in [0, 0.1) is 20.2 Å². The van der Waals surface area contributed by atoms with Crippen molar-refractivity contribution in [1.82, 2.24) is 4.57 Å². The molecule has 0 aliphatic carbocycles. The second-order valence-electron chi connectivity index (χ2n) is 6.28. The van der Waals surface area contributed by atoms with Crippen molar-refractivity contribution in [3.05, 3.63) is 17.7 Å². The van der Waals surface area contributed by atoms with E-state index in [4.69, 9.17) is 0 Å². The molecule has 0 aliphatic rings. The summed E-state index contributed by atoms with van der Waals surface area (Å²) >= 11 is 0. The average Bonchev–Trinajstić information content (AvgIpc) is 2.26. The molecule has 1 aromatic rings. The van der Waals surface area contributed by atoms with Crippen LogP contribution in [0.5, 0.6) is 0 Å². The van der Waals surface area contributed by atoms with Gasteiger partial charge in [-0.2, -0.15) is 0 Å². The fraction of sp³-hybridized carbons (Fsp3) is 0.769. The first kappa shape index (κ1) is 12.3. The van der Waals surface area contributed by atoms with E-state index in [9.17, 15) is 0 Å². The van der Waals surface area contributed by atoms with Crippen LogP contribution in [-0.2, 0) is 11.1 Å². The quantitative estimate of drug-likeness (QED) is 0.458. The van der Waals surface area contributed by atoms with E-state index in [1.807, 2.05) is 0 Å². The zero-order valence-corrected chi connectivity index (χ0v) is 11.4. The highest BCUT2D eigenvalue weighted by molar-refractivity contribution is 5.05. The van der Waals surface area contributed by atoms with Gasteiger partial charge in [0.05, 0.1) is 11.1 Å². The molecule has 0 spiro atoms. The van der Waals surface area contributed by atoms with Gasteiger partial charge in [0.2, 0.25) is 6.33 Å². The normalized spacial score (nSPS) is 13.3. The summed E-state index contributed by atoms with van der Waals surface area (Å²) in [5.74, 6) is 0. The fourth-order valence-electron chi connectivity index (χ4n) is 1.88. The monoisotopic (exact) mass is 208 g/mol. The Morgan fingerprint density at radius 3 is 1.67 bits per heavy atom. The highest BCUT2D eigenvalue weighted by Gasteiger charge is 2.24. The molecule has 1 aromatic heterocycles.